The van der Waals surface area contributed by atoms with Gasteiger partial charge in [-0.3, -0.25) is 0 Å². The van der Waals surface area contributed by atoms with Crippen LogP contribution in [0.1, 0.15) is 0 Å². The Balaban J connectivity index is 1.84. The minimum absolute atomic E-state index is 0.00179. The van der Waals surface area contributed by atoms with Crippen molar-refractivity contribution in [3.8, 4) is 33.4 Å². The molecule has 0 saturated carbocycles. The van der Waals surface area contributed by atoms with E-state index < -0.39 is 0 Å². The molecule has 0 aliphatic heterocycles. The summed E-state index contributed by atoms with van der Waals surface area (Å²) in [7, 11) is 175. The van der Waals surface area contributed by atoms with Gasteiger partial charge in [0.05, 0.1) is 0 Å². The molecule has 0 unspecified atom stereocenters. The molecule has 238 valence electrons. The van der Waals surface area contributed by atoms with Crippen molar-refractivity contribution in [3.05, 3.63) is 0 Å². The number of hydrogen-bond donors (Lipinski definition) is 0. The van der Waals surface area contributed by atoms with Crippen LogP contribution in [0.4, 0.5) is 0 Å². The van der Waals surface area contributed by atoms with Gasteiger partial charge in [-0.25, -0.2) is 0 Å². The highest BCUT2D eigenvalue weighted by molar-refractivity contribution is 6.77. The molecule has 66 heavy (non-hydrogen) atoms. The highest BCUT2D eigenvalue weighted by atomic mass is 14.3. The Hall–Kier alpha value is -3.51. The van der Waals surface area contributed by atoms with E-state index >= 15 is 0 Å². The van der Waals surface area contributed by atoms with E-state index in [1.807, 2.05) is 0 Å². The van der Waals surface area contributed by atoms with Gasteiger partial charge < -0.3 is 0 Å². The fourth-order valence-electron chi connectivity index (χ4n) is 9.17. The van der Waals surface area contributed by atoms with Crippen LogP contribution in [0, 0.1) is 0 Å². The second kappa shape index (κ2) is 16.6. The Morgan fingerprint density at radius 2 is 0.242 bits per heavy atom. The zero-order chi connectivity index (χ0) is 49.1. The normalized spacial score (nSPS) is 11.7. The van der Waals surface area contributed by atoms with Gasteiger partial charge in [-0.15, -0.1) is 65.6 Å². The molecule has 0 amide bonds. The summed E-state index contributed by atoms with van der Waals surface area (Å²) in [5.41, 5.74) is -4.64. The Morgan fingerprint density at radius 1 is 0.0909 bits per heavy atom. The molecule has 0 fully saturated rings. The van der Waals surface area contributed by atoms with Crippen LogP contribution < -0.4 is 142 Å². The lowest BCUT2D eigenvalue weighted by Crippen LogP contribution is -2.56. The zero-order valence-electron chi connectivity index (χ0n) is 35.0. The van der Waals surface area contributed by atoms with E-state index in [0.717, 1.165) is 0 Å². The lowest BCUT2D eigenvalue weighted by Gasteiger charge is -2.34. The first kappa shape index (κ1) is 48.9. The third-order valence-electron chi connectivity index (χ3n) is 12.8. The monoisotopic (exact) mass is 766 g/mol. The van der Waals surface area contributed by atoms with E-state index in [1.54, 1.807) is 0 Å². The van der Waals surface area contributed by atoms with Gasteiger partial charge in [0.1, 0.15) is 204 Å². The standard InChI is InChI=1S/C40B26/c41-15-3-1(11-24(50)35(61)39(65)36(62)25(11)51)5-6(19(45)30(56)29(55)18(5)44)2(12-26(52)37(63)40(66)38(64)27(12)53)4(3)17(43)23(49)13(15)9-7-8(21(47)32(58)31(57)20(7)46)10-14(16(9)42)28(54)34(60)33(59)22(10)48. The van der Waals surface area contributed by atoms with E-state index in [9.17, 15) is 0 Å². The first-order valence-corrected chi connectivity index (χ1v) is 19.3. The Bertz CT molecular complexity index is 3590. The molecule has 0 aliphatic carbocycles. The third kappa shape index (κ3) is 6.29. The van der Waals surface area contributed by atoms with Crippen LogP contribution in [0.25, 0.3) is 76.5 Å². The van der Waals surface area contributed by atoms with Crippen LogP contribution in [-0.2, 0) is 0 Å². The van der Waals surface area contributed by atoms with Gasteiger partial charge in [0.15, 0.2) is 0 Å². The molecule has 0 nitrogen and oxygen atoms in total. The largest absolute Gasteiger partial charge is 0.115 e. The maximum absolute atomic E-state index is 7.55. The molecule has 0 aliphatic rings. The van der Waals surface area contributed by atoms with Crippen molar-refractivity contribution in [2.45, 2.75) is 0 Å². The van der Waals surface area contributed by atoms with E-state index in [1.165, 1.54) is 0 Å². The Kier molecular flexibility index (Phi) is 12.3. The van der Waals surface area contributed by atoms with E-state index in [4.69, 9.17) is 204 Å². The fourth-order valence-corrected chi connectivity index (χ4v) is 9.17. The van der Waals surface area contributed by atoms with Crippen molar-refractivity contribution < 1.29 is 0 Å². The lowest BCUT2D eigenvalue weighted by atomic mass is 9.55. The van der Waals surface area contributed by atoms with Crippen LogP contribution in [0.15, 0.2) is 0 Å². The Morgan fingerprint density at radius 3 is 0.561 bits per heavy atom. The molecule has 0 saturated heterocycles. The summed E-state index contributed by atoms with van der Waals surface area (Å²) < 4.78 is 0. The zero-order valence-corrected chi connectivity index (χ0v) is 35.0. The van der Waals surface area contributed by atoms with Crippen LogP contribution in [0.5, 0.6) is 0 Å². The molecule has 52 radical (unpaired) electrons. The molecule has 0 heterocycles. The van der Waals surface area contributed by atoms with Gasteiger partial charge in [0.25, 0.3) is 0 Å². The molecule has 0 spiro atoms. The summed E-state index contributed by atoms with van der Waals surface area (Å²) in [5, 5.41) is 0.186. The van der Waals surface area contributed by atoms with Crippen molar-refractivity contribution in [3.63, 3.8) is 0 Å². The Labute approximate surface area is 419 Å². The molecule has 0 bridgehead atoms. The minimum atomic E-state index is -0.261. The molecular formula is C40B26. The maximum atomic E-state index is 7.55. The van der Waals surface area contributed by atoms with Crippen LogP contribution in [0.3, 0.4) is 0 Å². The van der Waals surface area contributed by atoms with E-state index in [0.29, 0.717) is 0 Å². The lowest BCUT2D eigenvalue weighted by molar-refractivity contribution is 1.83. The average molecular weight is 762 g/mol. The van der Waals surface area contributed by atoms with Crippen molar-refractivity contribution in [1.29, 1.82) is 0 Å². The summed E-state index contributed by atoms with van der Waals surface area (Å²) in [5.74, 6) is 0. The van der Waals surface area contributed by atoms with Gasteiger partial charge in [0, 0.05) is 0 Å². The summed E-state index contributed by atoms with van der Waals surface area (Å²) in [6, 6.07) is 0. The second-order valence-electron chi connectivity index (χ2n) is 16.0. The average Bonchev–Trinajstić information content (AvgIpc) is 3.28. The summed E-state index contributed by atoms with van der Waals surface area (Å²) in [6.45, 7) is 0. The number of benzene rings is 8. The molecule has 0 N–H and O–H groups in total. The molecule has 26 heteroatoms. The molecule has 0 atom stereocenters. The van der Waals surface area contributed by atoms with Crippen molar-refractivity contribution in [2.24, 2.45) is 0 Å². The van der Waals surface area contributed by atoms with Crippen LogP contribution in [-0.4, -0.2) is 204 Å². The van der Waals surface area contributed by atoms with Gasteiger partial charge in [-0.1, -0.05) is 76.5 Å². The summed E-state index contributed by atoms with van der Waals surface area (Å²) >= 11 is 0. The second-order valence-corrected chi connectivity index (χ2v) is 16.0. The maximum Gasteiger partial charge on any atom is 0.115 e. The topological polar surface area (TPSA) is 0 Å². The number of rotatable bonds is 3. The molecule has 8 rings (SSSR count). The van der Waals surface area contributed by atoms with Gasteiger partial charge in [-0.05, 0) is 76.5 Å². The third-order valence-corrected chi connectivity index (χ3v) is 12.8. The van der Waals surface area contributed by atoms with Gasteiger partial charge in [0.2, 0.25) is 0 Å². The van der Waals surface area contributed by atoms with Gasteiger partial charge in [-0.2, -0.15) is 0 Å². The van der Waals surface area contributed by atoms with Crippen molar-refractivity contribution >= 4 is 389 Å². The number of fused-ring (bicyclic) bond motifs is 5. The molecule has 0 aromatic heterocycles. The first-order valence-electron chi connectivity index (χ1n) is 19.3. The predicted octanol–water partition coefficient (Wildman–Crippen LogP) is -20.1. The first-order chi connectivity index (χ1) is 30.7. The summed E-state index contributed by atoms with van der Waals surface area (Å²) in [4.78, 5) is 0. The van der Waals surface area contributed by atoms with Crippen LogP contribution in [0.2, 0.25) is 0 Å². The molecule has 8 aromatic carbocycles. The van der Waals surface area contributed by atoms with Gasteiger partial charge >= 0.3 is 0 Å². The molecule has 8 aromatic rings. The summed E-state index contributed by atoms with van der Waals surface area (Å²) in [6.07, 6.45) is 0. The number of hydrogen-bond acceptors (Lipinski definition) is 0. The van der Waals surface area contributed by atoms with E-state index in [2.05, 4.69) is 0 Å². The van der Waals surface area contributed by atoms with Crippen molar-refractivity contribution in [1.82, 2.24) is 0 Å². The SMILES string of the molecule is [B]c1c([B])c([B])c(-c2c3c([B])c([B])c([B])c([B])c3c(-c3c([B])c([B])c([B])c([B])c3[B])c3c([B])c(-c4c([B])c5c([B])c([B])c([B])c([B])c5c5c([B])c([B])c([B])c([B])c45)c([B])c([B])c23)c([B])c1[B]. The minimum Gasteiger partial charge on any atom is -0.112 e. The van der Waals surface area contributed by atoms with Crippen LogP contribution >= 0.6 is 0 Å². The van der Waals surface area contributed by atoms with Crippen molar-refractivity contribution in [2.75, 3.05) is 0 Å². The quantitative estimate of drug-likeness (QED) is 0.0956. The fraction of sp³-hybridized carbons (Fsp3) is 0. The van der Waals surface area contributed by atoms with E-state index in [-0.39, 0.29) is 219 Å². The molecular weight excluding hydrogens is 762 g/mol. The predicted molar refractivity (Wildman–Crippen MR) is 313 cm³/mol. The highest BCUT2D eigenvalue weighted by Gasteiger charge is 2.31. The smallest absolute Gasteiger partial charge is 0.112 e. The highest BCUT2D eigenvalue weighted by Crippen LogP contribution is 2.40.